The van der Waals surface area contributed by atoms with Crippen molar-refractivity contribution in [3.63, 3.8) is 0 Å². The molecular weight excluding hydrogens is 446 g/mol. The molecule has 1 saturated carbocycles. The molecule has 1 aliphatic heterocycles. The molecule has 0 radical (unpaired) electrons. The SMILES string of the molecule is CC.CCc1cn(CC2CCC2)nc1C/C=C(\C)Cc1cc(C2CCN(C)CC2)n2ncnc(N)c12. The van der Waals surface area contributed by atoms with Crippen molar-refractivity contribution < 1.29 is 0 Å². The summed E-state index contributed by atoms with van der Waals surface area (Å²) in [4.78, 5) is 6.71. The number of nitrogens with zero attached hydrogens (tertiary/aromatic N) is 6. The third-order valence-electron chi connectivity index (χ3n) is 7.91. The highest BCUT2D eigenvalue weighted by Crippen LogP contribution is 2.33. The highest BCUT2D eigenvalue weighted by Gasteiger charge is 2.24. The van der Waals surface area contributed by atoms with Gasteiger partial charge < -0.3 is 10.6 Å². The number of likely N-dealkylation sites (tertiary alicyclic amines) is 1. The molecule has 0 spiro atoms. The first-order chi connectivity index (χ1) is 17.5. The van der Waals surface area contributed by atoms with E-state index in [0.29, 0.717) is 11.7 Å². The number of nitrogen functional groups attached to an aromatic ring is 1. The van der Waals surface area contributed by atoms with Crippen molar-refractivity contribution in [2.75, 3.05) is 25.9 Å². The second-order valence-corrected chi connectivity index (χ2v) is 10.5. The van der Waals surface area contributed by atoms with Crippen LogP contribution in [0.2, 0.25) is 0 Å². The van der Waals surface area contributed by atoms with Gasteiger partial charge in [0.2, 0.25) is 0 Å². The summed E-state index contributed by atoms with van der Waals surface area (Å²) in [5, 5.41) is 9.54. The van der Waals surface area contributed by atoms with Crippen molar-refractivity contribution in [1.82, 2.24) is 29.3 Å². The van der Waals surface area contributed by atoms with Gasteiger partial charge in [0, 0.05) is 30.8 Å². The zero-order chi connectivity index (χ0) is 25.7. The second kappa shape index (κ2) is 12.0. The van der Waals surface area contributed by atoms with E-state index >= 15 is 0 Å². The zero-order valence-electron chi connectivity index (χ0n) is 23.0. The Bertz CT molecular complexity index is 1160. The van der Waals surface area contributed by atoms with Gasteiger partial charge in [0.05, 0.1) is 5.69 Å². The Balaban J connectivity index is 0.00000148. The summed E-state index contributed by atoms with van der Waals surface area (Å²) >= 11 is 0. The van der Waals surface area contributed by atoms with Gasteiger partial charge in [0.1, 0.15) is 11.8 Å². The van der Waals surface area contributed by atoms with E-state index in [1.165, 1.54) is 47.4 Å². The summed E-state index contributed by atoms with van der Waals surface area (Å²) < 4.78 is 4.24. The lowest BCUT2D eigenvalue weighted by Gasteiger charge is -2.28. The number of fused-ring (bicyclic) bond motifs is 1. The summed E-state index contributed by atoms with van der Waals surface area (Å²) in [7, 11) is 2.20. The molecule has 36 heavy (non-hydrogen) atoms. The van der Waals surface area contributed by atoms with Crippen molar-refractivity contribution >= 4 is 11.3 Å². The number of aryl methyl sites for hydroxylation is 1. The largest absolute Gasteiger partial charge is 0.382 e. The van der Waals surface area contributed by atoms with Gasteiger partial charge >= 0.3 is 0 Å². The number of hydrogen-bond donors (Lipinski definition) is 1. The predicted octanol–water partition coefficient (Wildman–Crippen LogP) is 5.44. The smallest absolute Gasteiger partial charge is 0.151 e. The highest BCUT2D eigenvalue weighted by atomic mass is 15.3. The van der Waals surface area contributed by atoms with Crippen LogP contribution in [0, 0.1) is 5.92 Å². The third-order valence-corrected chi connectivity index (χ3v) is 7.91. The van der Waals surface area contributed by atoms with E-state index in [-0.39, 0.29) is 0 Å². The molecule has 196 valence electrons. The number of anilines is 1. The Morgan fingerprint density at radius 3 is 2.56 bits per heavy atom. The van der Waals surface area contributed by atoms with Gasteiger partial charge in [-0.3, -0.25) is 4.68 Å². The van der Waals surface area contributed by atoms with Crippen molar-refractivity contribution in [3.05, 3.63) is 52.8 Å². The lowest BCUT2D eigenvalue weighted by atomic mass is 9.85. The maximum absolute atomic E-state index is 6.35. The number of allylic oxidation sites excluding steroid dienone is 2. The van der Waals surface area contributed by atoms with E-state index in [4.69, 9.17) is 10.8 Å². The lowest BCUT2D eigenvalue weighted by molar-refractivity contribution is 0.252. The molecule has 3 aromatic rings. The molecule has 7 heteroatoms. The fourth-order valence-corrected chi connectivity index (χ4v) is 5.55. The lowest BCUT2D eigenvalue weighted by Crippen LogP contribution is -2.29. The topological polar surface area (TPSA) is 77.3 Å². The highest BCUT2D eigenvalue weighted by molar-refractivity contribution is 5.71. The molecule has 3 aromatic heterocycles. The van der Waals surface area contributed by atoms with E-state index in [2.05, 4.69) is 63.4 Å². The van der Waals surface area contributed by atoms with Crippen LogP contribution in [-0.4, -0.2) is 49.4 Å². The third kappa shape index (κ3) is 5.83. The van der Waals surface area contributed by atoms with Crippen molar-refractivity contribution in [2.24, 2.45) is 5.92 Å². The standard InChI is InChI=1S/C27H39N7.C2H6/c1-4-21-17-33(16-20-6-5-7-20)31-24(21)9-8-19(2)14-23-15-25(22-10-12-32(3)13-11-22)34-26(23)27(28)29-18-30-34;1-2/h8,15,17-18,20,22H,4-7,9-14,16H2,1-3H3,(H2,28,29,30);1-2H3/b19-8+;. The van der Waals surface area contributed by atoms with Crippen LogP contribution in [0.25, 0.3) is 5.52 Å². The van der Waals surface area contributed by atoms with Gasteiger partial charge in [-0.1, -0.05) is 38.8 Å². The number of nitrogens with two attached hydrogens (primary N) is 1. The Hall–Kier alpha value is -2.67. The van der Waals surface area contributed by atoms with Crippen LogP contribution in [-0.2, 0) is 25.8 Å². The molecule has 4 heterocycles. The number of rotatable bonds is 8. The molecule has 1 aliphatic carbocycles. The monoisotopic (exact) mass is 491 g/mol. The minimum absolute atomic E-state index is 0.516. The van der Waals surface area contributed by atoms with Crippen molar-refractivity contribution in [2.45, 2.75) is 91.5 Å². The first-order valence-electron chi connectivity index (χ1n) is 14.0. The van der Waals surface area contributed by atoms with Crippen molar-refractivity contribution in [1.29, 1.82) is 0 Å². The van der Waals surface area contributed by atoms with Gasteiger partial charge in [-0.15, -0.1) is 0 Å². The van der Waals surface area contributed by atoms with E-state index in [1.54, 1.807) is 6.33 Å². The average molecular weight is 492 g/mol. The van der Waals surface area contributed by atoms with Crippen LogP contribution in [0.3, 0.4) is 0 Å². The number of hydrogen-bond acceptors (Lipinski definition) is 5. The molecule has 5 rings (SSSR count). The summed E-state index contributed by atoms with van der Waals surface area (Å²) in [6, 6.07) is 2.33. The van der Waals surface area contributed by atoms with Gasteiger partial charge in [0.15, 0.2) is 5.82 Å². The van der Waals surface area contributed by atoms with Crippen LogP contribution in [0.15, 0.2) is 30.2 Å². The summed E-state index contributed by atoms with van der Waals surface area (Å²) in [6.45, 7) is 11.8. The zero-order valence-corrected chi connectivity index (χ0v) is 23.0. The fraction of sp³-hybridized carbons (Fsp3) is 0.621. The van der Waals surface area contributed by atoms with Gasteiger partial charge in [-0.2, -0.15) is 10.2 Å². The summed E-state index contributed by atoms with van der Waals surface area (Å²) in [5.41, 5.74) is 13.8. The van der Waals surface area contributed by atoms with Crippen LogP contribution in [0.5, 0.6) is 0 Å². The van der Waals surface area contributed by atoms with Crippen LogP contribution < -0.4 is 5.73 Å². The maximum Gasteiger partial charge on any atom is 0.151 e. The fourth-order valence-electron chi connectivity index (χ4n) is 5.55. The average Bonchev–Trinajstić information content (AvgIpc) is 3.43. The molecule has 1 saturated heterocycles. The minimum Gasteiger partial charge on any atom is -0.382 e. The van der Waals surface area contributed by atoms with E-state index in [0.717, 1.165) is 63.2 Å². The Morgan fingerprint density at radius 1 is 1.14 bits per heavy atom. The summed E-state index contributed by atoms with van der Waals surface area (Å²) in [5.74, 6) is 1.91. The molecule has 0 unspecified atom stereocenters. The van der Waals surface area contributed by atoms with Crippen LogP contribution >= 0.6 is 0 Å². The van der Waals surface area contributed by atoms with Gasteiger partial charge in [-0.25, -0.2) is 9.50 Å². The molecule has 2 aliphatic rings. The van der Waals surface area contributed by atoms with E-state index in [1.807, 2.05) is 13.8 Å². The predicted molar refractivity (Wildman–Crippen MR) is 148 cm³/mol. The number of aromatic nitrogens is 5. The van der Waals surface area contributed by atoms with Crippen LogP contribution in [0.4, 0.5) is 5.82 Å². The first-order valence-corrected chi connectivity index (χ1v) is 14.0. The molecule has 0 amide bonds. The Labute approximate surface area is 216 Å². The van der Waals surface area contributed by atoms with Gasteiger partial charge in [0.25, 0.3) is 0 Å². The molecule has 0 bridgehead atoms. The minimum atomic E-state index is 0.516. The van der Waals surface area contributed by atoms with Gasteiger partial charge in [-0.05, 0) is 88.7 Å². The Kier molecular flexibility index (Phi) is 8.83. The normalized spacial score (nSPS) is 17.8. The molecule has 7 nitrogen and oxygen atoms in total. The molecule has 0 aromatic carbocycles. The van der Waals surface area contributed by atoms with E-state index < -0.39 is 0 Å². The van der Waals surface area contributed by atoms with E-state index in [9.17, 15) is 0 Å². The molecule has 0 atom stereocenters. The second-order valence-electron chi connectivity index (χ2n) is 10.5. The molecule has 2 N–H and O–H groups in total. The molecule has 2 fully saturated rings. The Morgan fingerprint density at radius 2 is 1.89 bits per heavy atom. The quantitative estimate of drug-likeness (QED) is 0.425. The summed E-state index contributed by atoms with van der Waals surface area (Å²) in [6.07, 6.45) is 15.4. The van der Waals surface area contributed by atoms with Crippen LogP contribution in [0.1, 0.15) is 88.2 Å². The maximum atomic E-state index is 6.35. The molecular formula is C29H45N7. The number of piperidine rings is 1. The first kappa shape index (κ1) is 26.4. The van der Waals surface area contributed by atoms with Crippen molar-refractivity contribution in [3.8, 4) is 0 Å².